The standard InChI is InChI=1S/C14H22N2O3.ClH/c1-12-4-3-5-13(10-12)19-11-14(17)16-7-6-15-8-9-18-2;/h3-5,10,15H,6-9,11H2,1-2H3,(H,16,17);1H. The molecule has 5 nitrogen and oxygen atoms in total. The van der Waals surface area contributed by atoms with Gasteiger partial charge in [0.05, 0.1) is 6.61 Å². The lowest BCUT2D eigenvalue weighted by atomic mass is 10.2. The van der Waals surface area contributed by atoms with Crippen LogP contribution in [0, 0.1) is 6.92 Å². The van der Waals surface area contributed by atoms with E-state index in [0.29, 0.717) is 18.9 Å². The van der Waals surface area contributed by atoms with E-state index >= 15 is 0 Å². The summed E-state index contributed by atoms with van der Waals surface area (Å²) in [5, 5.41) is 5.92. The van der Waals surface area contributed by atoms with Crippen molar-refractivity contribution < 1.29 is 14.3 Å². The number of carbonyl (C=O) groups is 1. The lowest BCUT2D eigenvalue weighted by Crippen LogP contribution is -2.35. The Balaban J connectivity index is 0.00000361. The molecule has 0 aliphatic carbocycles. The molecule has 2 N–H and O–H groups in total. The van der Waals surface area contributed by atoms with Crippen LogP contribution in [0.5, 0.6) is 5.75 Å². The van der Waals surface area contributed by atoms with Crippen LogP contribution < -0.4 is 15.4 Å². The number of ether oxygens (including phenoxy) is 2. The Bertz CT molecular complexity index is 388. The molecule has 0 atom stereocenters. The van der Waals surface area contributed by atoms with Crippen LogP contribution in [0.15, 0.2) is 24.3 Å². The molecule has 1 aromatic carbocycles. The maximum atomic E-state index is 11.5. The fourth-order valence-corrected chi connectivity index (χ4v) is 1.49. The maximum Gasteiger partial charge on any atom is 0.257 e. The Hall–Kier alpha value is -1.30. The van der Waals surface area contributed by atoms with Crippen LogP contribution in [-0.4, -0.2) is 45.9 Å². The summed E-state index contributed by atoms with van der Waals surface area (Å²) in [6.07, 6.45) is 0. The summed E-state index contributed by atoms with van der Waals surface area (Å²) in [6.45, 7) is 4.79. The van der Waals surface area contributed by atoms with Gasteiger partial charge in [0.1, 0.15) is 5.75 Å². The van der Waals surface area contributed by atoms with Crippen molar-refractivity contribution in [2.45, 2.75) is 6.92 Å². The average molecular weight is 303 g/mol. The first-order chi connectivity index (χ1) is 9.22. The molecule has 0 fully saturated rings. The van der Waals surface area contributed by atoms with E-state index in [9.17, 15) is 4.79 Å². The molecule has 0 saturated carbocycles. The highest BCUT2D eigenvalue weighted by molar-refractivity contribution is 5.85. The molecule has 0 spiro atoms. The number of benzene rings is 1. The highest BCUT2D eigenvalue weighted by Crippen LogP contribution is 2.11. The summed E-state index contributed by atoms with van der Waals surface area (Å²) in [7, 11) is 1.66. The van der Waals surface area contributed by atoms with Gasteiger partial charge in [-0.05, 0) is 24.6 Å². The van der Waals surface area contributed by atoms with Crippen LogP contribution in [-0.2, 0) is 9.53 Å². The number of methoxy groups -OCH3 is 1. The molecule has 0 unspecified atom stereocenters. The van der Waals surface area contributed by atoms with Crippen LogP contribution in [0.1, 0.15) is 5.56 Å². The van der Waals surface area contributed by atoms with Crippen molar-refractivity contribution in [1.82, 2.24) is 10.6 Å². The van der Waals surface area contributed by atoms with E-state index in [1.807, 2.05) is 31.2 Å². The Kier molecular flexibility index (Phi) is 10.8. The van der Waals surface area contributed by atoms with Crippen LogP contribution in [0.4, 0.5) is 0 Å². The molecular weight excluding hydrogens is 280 g/mol. The minimum atomic E-state index is -0.116. The summed E-state index contributed by atoms with van der Waals surface area (Å²) < 4.78 is 10.3. The number of aryl methyl sites for hydroxylation is 1. The third kappa shape index (κ3) is 8.74. The summed E-state index contributed by atoms with van der Waals surface area (Å²) in [4.78, 5) is 11.5. The van der Waals surface area contributed by atoms with Gasteiger partial charge in [0, 0.05) is 26.7 Å². The first-order valence-electron chi connectivity index (χ1n) is 6.38. The molecule has 1 rings (SSSR count). The third-order valence-corrected chi connectivity index (χ3v) is 2.47. The van der Waals surface area contributed by atoms with Crippen molar-refractivity contribution in [1.29, 1.82) is 0 Å². The summed E-state index contributed by atoms with van der Waals surface area (Å²) in [6, 6.07) is 7.63. The summed E-state index contributed by atoms with van der Waals surface area (Å²) >= 11 is 0. The van der Waals surface area contributed by atoms with Crippen molar-refractivity contribution in [2.24, 2.45) is 0 Å². The van der Waals surface area contributed by atoms with E-state index in [1.165, 1.54) is 0 Å². The Morgan fingerprint density at radius 3 is 2.75 bits per heavy atom. The lowest BCUT2D eigenvalue weighted by Gasteiger charge is -2.08. The van der Waals surface area contributed by atoms with Gasteiger partial charge in [-0.25, -0.2) is 0 Å². The molecule has 114 valence electrons. The van der Waals surface area contributed by atoms with Crippen LogP contribution >= 0.6 is 12.4 Å². The zero-order valence-electron chi connectivity index (χ0n) is 12.0. The number of hydrogen-bond acceptors (Lipinski definition) is 4. The fraction of sp³-hybridized carbons (Fsp3) is 0.500. The predicted molar refractivity (Wildman–Crippen MR) is 81.7 cm³/mol. The molecule has 0 radical (unpaired) electrons. The smallest absolute Gasteiger partial charge is 0.257 e. The Labute approximate surface area is 126 Å². The van der Waals surface area contributed by atoms with Crippen LogP contribution in [0.25, 0.3) is 0 Å². The fourth-order valence-electron chi connectivity index (χ4n) is 1.49. The Morgan fingerprint density at radius 2 is 2.05 bits per heavy atom. The van der Waals surface area contributed by atoms with Gasteiger partial charge in [-0.3, -0.25) is 4.79 Å². The van der Waals surface area contributed by atoms with Crippen molar-refractivity contribution in [3.63, 3.8) is 0 Å². The monoisotopic (exact) mass is 302 g/mol. The summed E-state index contributed by atoms with van der Waals surface area (Å²) in [5.41, 5.74) is 1.11. The molecule has 0 bridgehead atoms. The lowest BCUT2D eigenvalue weighted by molar-refractivity contribution is -0.123. The van der Waals surface area contributed by atoms with E-state index in [-0.39, 0.29) is 24.9 Å². The van der Waals surface area contributed by atoms with Crippen molar-refractivity contribution in [2.75, 3.05) is 40.0 Å². The number of hydrogen-bond donors (Lipinski definition) is 2. The second kappa shape index (κ2) is 11.5. The third-order valence-electron chi connectivity index (χ3n) is 2.47. The van der Waals surface area contributed by atoms with Crippen LogP contribution in [0.2, 0.25) is 0 Å². The topological polar surface area (TPSA) is 59.6 Å². The predicted octanol–water partition coefficient (Wildman–Crippen LogP) is 1.15. The second-order valence-corrected chi connectivity index (χ2v) is 4.20. The zero-order valence-corrected chi connectivity index (χ0v) is 12.8. The molecule has 0 saturated heterocycles. The minimum absolute atomic E-state index is 0. The number of rotatable bonds is 9. The molecule has 20 heavy (non-hydrogen) atoms. The van der Waals surface area contributed by atoms with Crippen LogP contribution in [0.3, 0.4) is 0 Å². The van der Waals surface area contributed by atoms with E-state index < -0.39 is 0 Å². The van der Waals surface area contributed by atoms with Crippen molar-refractivity contribution in [3.05, 3.63) is 29.8 Å². The normalized spacial score (nSPS) is 9.70. The molecule has 1 aromatic rings. The molecule has 1 amide bonds. The quantitative estimate of drug-likeness (QED) is 0.672. The Morgan fingerprint density at radius 1 is 1.25 bits per heavy atom. The number of carbonyl (C=O) groups excluding carboxylic acids is 1. The van der Waals surface area contributed by atoms with E-state index in [2.05, 4.69) is 10.6 Å². The van der Waals surface area contributed by atoms with Gasteiger partial charge in [0.2, 0.25) is 0 Å². The average Bonchev–Trinajstić information content (AvgIpc) is 2.40. The second-order valence-electron chi connectivity index (χ2n) is 4.20. The number of nitrogens with one attached hydrogen (secondary N) is 2. The van der Waals surface area contributed by atoms with Gasteiger partial charge in [-0.1, -0.05) is 12.1 Å². The SMILES string of the molecule is COCCNCCNC(=O)COc1cccc(C)c1.Cl. The summed E-state index contributed by atoms with van der Waals surface area (Å²) in [5.74, 6) is 0.600. The van der Waals surface area contributed by atoms with E-state index in [4.69, 9.17) is 9.47 Å². The molecule has 0 aromatic heterocycles. The number of amides is 1. The van der Waals surface area contributed by atoms with E-state index in [1.54, 1.807) is 7.11 Å². The highest BCUT2D eigenvalue weighted by Gasteiger charge is 2.01. The van der Waals surface area contributed by atoms with Gasteiger partial charge in [0.25, 0.3) is 5.91 Å². The first-order valence-corrected chi connectivity index (χ1v) is 6.38. The minimum Gasteiger partial charge on any atom is -0.484 e. The zero-order chi connectivity index (χ0) is 13.9. The molecule has 0 heterocycles. The van der Waals surface area contributed by atoms with E-state index in [0.717, 1.165) is 18.7 Å². The number of halogens is 1. The van der Waals surface area contributed by atoms with Gasteiger partial charge in [-0.2, -0.15) is 0 Å². The molecule has 0 aliphatic rings. The van der Waals surface area contributed by atoms with Crippen molar-refractivity contribution in [3.8, 4) is 5.75 Å². The molecule has 0 aliphatic heterocycles. The molecule has 6 heteroatoms. The molecular formula is C14H23ClN2O3. The van der Waals surface area contributed by atoms with Gasteiger partial charge >= 0.3 is 0 Å². The van der Waals surface area contributed by atoms with Gasteiger partial charge in [-0.15, -0.1) is 12.4 Å². The first kappa shape index (κ1) is 18.7. The van der Waals surface area contributed by atoms with Gasteiger partial charge < -0.3 is 20.1 Å². The van der Waals surface area contributed by atoms with Gasteiger partial charge in [0.15, 0.2) is 6.61 Å². The largest absolute Gasteiger partial charge is 0.484 e. The maximum absolute atomic E-state index is 11.5. The van der Waals surface area contributed by atoms with Crippen molar-refractivity contribution >= 4 is 18.3 Å². The highest BCUT2D eigenvalue weighted by atomic mass is 35.5.